The Labute approximate surface area is 116 Å². The zero-order chi connectivity index (χ0) is 14.0. The number of nitrogens with one attached hydrogen (secondary N) is 1. The number of halogens is 1. The molecule has 0 spiro atoms. The molecule has 0 saturated carbocycles. The summed E-state index contributed by atoms with van der Waals surface area (Å²) in [5.74, 6) is -0.695. The van der Waals surface area contributed by atoms with Crippen LogP contribution in [0.4, 0.5) is 0 Å². The molecule has 2 amide bonds. The van der Waals surface area contributed by atoms with Crippen molar-refractivity contribution < 1.29 is 14.7 Å². The lowest BCUT2D eigenvalue weighted by atomic mass is 10.1. The summed E-state index contributed by atoms with van der Waals surface area (Å²) in [7, 11) is 1.54. The number of likely N-dealkylation sites (N-methyl/N-ethyl adjacent to an activating group) is 1. The van der Waals surface area contributed by atoms with Crippen molar-refractivity contribution in [2.24, 2.45) is 0 Å². The third-order valence-electron chi connectivity index (χ3n) is 3.25. The molecule has 0 aromatic heterocycles. The highest BCUT2D eigenvalue weighted by Gasteiger charge is 2.34. The fraction of sp³-hybridized carbons (Fsp3) is 0.385. The molecule has 1 aromatic rings. The summed E-state index contributed by atoms with van der Waals surface area (Å²) in [5.41, 5.74) is 0.167. The van der Waals surface area contributed by atoms with Gasteiger partial charge in [0.2, 0.25) is 5.91 Å². The van der Waals surface area contributed by atoms with E-state index in [1.165, 1.54) is 17.0 Å². The number of phenolic OH excluding ortho intramolecular Hbond substituents is 1. The van der Waals surface area contributed by atoms with E-state index in [0.29, 0.717) is 18.0 Å². The molecule has 102 valence electrons. The molecular formula is C13H15ClN2O3. The van der Waals surface area contributed by atoms with Crippen LogP contribution in [0.1, 0.15) is 23.2 Å². The molecule has 1 saturated heterocycles. The van der Waals surface area contributed by atoms with Crippen molar-refractivity contribution in [1.82, 2.24) is 10.2 Å². The number of benzene rings is 1. The molecule has 1 heterocycles. The average Bonchev–Trinajstić information content (AvgIpc) is 2.86. The molecule has 1 fully saturated rings. The number of carbonyl (C=O) groups excluding carboxylic acids is 2. The number of phenols is 1. The fourth-order valence-electron chi connectivity index (χ4n) is 2.29. The van der Waals surface area contributed by atoms with Crippen molar-refractivity contribution in [2.75, 3.05) is 13.6 Å². The molecule has 2 rings (SSSR count). The van der Waals surface area contributed by atoms with Crippen LogP contribution >= 0.6 is 11.6 Å². The van der Waals surface area contributed by atoms with E-state index in [1.807, 2.05) is 0 Å². The van der Waals surface area contributed by atoms with Crippen LogP contribution in [0.15, 0.2) is 18.2 Å². The molecule has 1 atom stereocenters. The van der Waals surface area contributed by atoms with Crippen molar-refractivity contribution in [3.8, 4) is 5.75 Å². The lowest BCUT2D eigenvalue weighted by Gasteiger charge is -2.23. The maximum atomic E-state index is 12.4. The number of nitrogens with zero attached hydrogens (tertiary/aromatic N) is 1. The quantitative estimate of drug-likeness (QED) is 0.861. The number of likely N-dealkylation sites (tertiary alicyclic amines) is 1. The third-order valence-corrected chi connectivity index (χ3v) is 3.49. The summed E-state index contributed by atoms with van der Waals surface area (Å²) < 4.78 is 0. The lowest BCUT2D eigenvalue weighted by Crippen LogP contribution is -2.44. The molecule has 19 heavy (non-hydrogen) atoms. The minimum absolute atomic E-state index is 0.167. The molecule has 1 unspecified atom stereocenters. The Balaban J connectivity index is 2.25. The number of hydrogen-bond donors (Lipinski definition) is 2. The van der Waals surface area contributed by atoms with Gasteiger partial charge in [-0.25, -0.2) is 0 Å². The molecule has 1 aromatic carbocycles. The van der Waals surface area contributed by atoms with E-state index in [0.717, 1.165) is 6.42 Å². The number of rotatable bonds is 2. The molecule has 1 aliphatic heterocycles. The van der Waals surface area contributed by atoms with Gasteiger partial charge in [-0.15, -0.1) is 0 Å². The summed E-state index contributed by atoms with van der Waals surface area (Å²) >= 11 is 5.73. The Morgan fingerprint density at radius 1 is 1.47 bits per heavy atom. The Hall–Kier alpha value is -1.75. The molecule has 1 aliphatic rings. The fourth-order valence-corrected chi connectivity index (χ4v) is 2.46. The van der Waals surface area contributed by atoms with E-state index in [2.05, 4.69) is 5.32 Å². The number of hydrogen-bond acceptors (Lipinski definition) is 3. The van der Waals surface area contributed by atoms with Crippen LogP contribution < -0.4 is 5.32 Å². The van der Waals surface area contributed by atoms with E-state index in [1.54, 1.807) is 13.1 Å². The average molecular weight is 283 g/mol. The van der Waals surface area contributed by atoms with Gasteiger partial charge in [-0.1, -0.05) is 11.6 Å². The maximum absolute atomic E-state index is 12.4. The lowest BCUT2D eigenvalue weighted by molar-refractivity contribution is -0.124. The molecule has 0 bridgehead atoms. The Bertz CT molecular complexity index is 519. The van der Waals surface area contributed by atoms with E-state index in [9.17, 15) is 14.7 Å². The highest BCUT2D eigenvalue weighted by Crippen LogP contribution is 2.26. The van der Waals surface area contributed by atoms with Gasteiger partial charge in [-0.2, -0.15) is 0 Å². The Morgan fingerprint density at radius 2 is 2.21 bits per heavy atom. The van der Waals surface area contributed by atoms with E-state index in [4.69, 9.17) is 11.6 Å². The van der Waals surface area contributed by atoms with Crippen molar-refractivity contribution in [3.05, 3.63) is 28.8 Å². The van der Waals surface area contributed by atoms with Crippen LogP contribution in [0.25, 0.3) is 0 Å². The monoisotopic (exact) mass is 282 g/mol. The second-order valence-electron chi connectivity index (χ2n) is 4.43. The van der Waals surface area contributed by atoms with Gasteiger partial charge in [0, 0.05) is 18.6 Å². The van der Waals surface area contributed by atoms with E-state index in [-0.39, 0.29) is 23.1 Å². The normalized spacial score (nSPS) is 18.4. The number of amides is 2. The second-order valence-corrected chi connectivity index (χ2v) is 4.87. The zero-order valence-electron chi connectivity index (χ0n) is 10.5. The van der Waals surface area contributed by atoms with Gasteiger partial charge in [0.1, 0.15) is 11.8 Å². The minimum atomic E-state index is -0.465. The molecule has 6 heteroatoms. The first-order valence-electron chi connectivity index (χ1n) is 6.05. The van der Waals surface area contributed by atoms with Crippen LogP contribution in [0.2, 0.25) is 5.02 Å². The summed E-state index contributed by atoms with van der Waals surface area (Å²) in [6, 6.07) is 3.87. The first-order valence-corrected chi connectivity index (χ1v) is 6.43. The molecule has 0 aliphatic carbocycles. The van der Waals surface area contributed by atoms with Gasteiger partial charge in [-0.3, -0.25) is 9.59 Å². The van der Waals surface area contributed by atoms with Gasteiger partial charge >= 0.3 is 0 Å². The predicted octanol–water partition coefficient (Wildman–Crippen LogP) is 1.40. The largest absolute Gasteiger partial charge is 0.507 e. The van der Waals surface area contributed by atoms with Crippen molar-refractivity contribution in [3.63, 3.8) is 0 Å². The standard InChI is InChI=1S/C13H15ClN2O3/c1-15-12(18)10-3-2-6-16(10)13(19)9-5-4-8(14)7-11(9)17/h4-5,7,10,17H,2-3,6H2,1H3,(H,15,18). The van der Waals surface area contributed by atoms with Crippen molar-refractivity contribution in [2.45, 2.75) is 18.9 Å². The van der Waals surface area contributed by atoms with Crippen molar-refractivity contribution >= 4 is 23.4 Å². The van der Waals surface area contributed by atoms with Gasteiger partial charge in [0.15, 0.2) is 0 Å². The molecule has 2 N–H and O–H groups in total. The zero-order valence-corrected chi connectivity index (χ0v) is 11.3. The summed E-state index contributed by atoms with van der Waals surface area (Å²) in [5, 5.41) is 12.7. The maximum Gasteiger partial charge on any atom is 0.258 e. The van der Waals surface area contributed by atoms with E-state index >= 15 is 0 Å². The van der Waals surface area contributed by atoms with Crippen LogP contribution in [-0.4, -0.2) is 41.5 Å². The first kappa shape index (κ1) is 13.7. The number of aromatic hydroxyl groups is 1. The summed E-state index contributed by atoms with van der Waals surface area (Å²) in [6.45, 7) is 0.513. The molecular weight excluding hydrogens is 268 g/mol. The summed E-state index contributed by atoms with van der Waals surface area (Å²) in [6.07, 6.45) is 1.41. The number of carbonyl (C=O) groups is 2. The second kappa shape index (κ2) is 5.48. The SMILES string of the molecule is CNC(=O)C1CCCN1C(=O)c1ccc(Cl)cc1O. The first-order chi connectivity index (χ1) is 9.04. The predicted molar refractivity (Wildman–Crippen MR) is 71.2 cm³/mol. The van der Waals surface area contributed by atoms with Gasteiger partial charge in [0.25, 0.3) is 5.91 Å². The van der Waals surface area contributed by atoms with Gasteiger partial charge in [-0.05, 0) is 31.0 Å². The van der Waals surface area contributed by atoms with Gasteiger partial charge in [0.05, 0.1) is 5.56 Å². The van der Waals surface area contributed by atoms with Crippen LogP contribution in [0.3, 0.4) is 0 Å². The highest BCUT2D eigenvalue weighted by atomic mass is 35.5. The van der Waals surface area contributed by atoms with Crippen LogP contribution in [0.5, 0.6) is 5.75 Å². The summed E-state index contributed by atoms with van der Waals surface area (Å²) in [4.78, 5) is 25.6. The van der Waals surface area contributed by atoms with Gasteiger partial charge < -0.3 is 15.3 Å². The molecule has 0 radical (unpaired) electrons. The smallest absolute Gasteiger partial charge is 0.258 e. The highest BCUT2D eigenvalue weighted by molar-refractivity contribution is 6.30. The Morgan fingerprint density at radius 3 is 2.84 bits per heavy atom. The van der Waals surface area contributed by atoms with Crippen molar-refractivity contribution in [1.29, 1.82) is 0 Å². The Kier molecular flexibility index (Phi) is 3.95. The topological polar surface area (TPSA) is 69.6 Å². The van der Waals surface area contributed by atoms with E-state index < -0.39 is 6.04 Å². The third kappa shape index (κ3) is 2.66. The van der Waals surface area contributed by atoms with Crippen LogP contribution in [-0.2, 0) is 4.79 Å². The van der Waals surface area contributed by atoms with Crippen LogP contribution in [0, 0.1) is 0 Å². The minimum Gasteiger partial charge on any atom is -0.507 e. The molecule has 5 nitrogen and oxygen atoms in total.